The van der Waals surface area contributed by atoms with Crippen molar-refractivity contribution < 1.29 is 12.8 Å². The maximum Gasteiger partial charge on any atom is 0.299 e. The number of halogens is 1. The van der Waals surface area contributed by atoms with Crippen LogP contribution in [0.4, 0.5) is 15.8 Å². The predicted molar refractivity (Wildman–Crippen MR) is 59.5 cm³/mol. The number of rotatable bonds is 4. The monoisotopic (exact) mass is 245 g/mol. The van der Waals surface area contributed by atoms with Gasteiger partial charge in [-0.1, -0.05) is 0 Å². The maximum absolute atomic E-state index is 12.9. The van der Waals surface area contributed by atoms with Gasteiger partial charge in [0.15, 0.2) is 0 Å². The molecule has 1 aliphatic rings. The van der Waals surface area contributed by atoms with Crippen LogP contribution in [0.5, 0.6) is 0 Å². The second-order valence-corrected chi connectivity index (χ2v) is 5.22. The zero-order valence-corrected chi connectivity index (χ0v) is 9.22. The van der Waals surface area contributed by atoms with Crippen LogP contribution in [0.15, 0.2) is 18.2 Å². The van der Waals surface area contributed by atoms with E-state index in [2.05, 4.69) is 9.44 Å². The fourth-order valence-corrected chi connectivity index (χ4v) is 2.44. The zero-order valence-electron chi connectivity index (χ0n) is 8.40. The van der Waals surface area contributed by atoms with E-state index in [1.807, 2.05) is 0 Å². The van der Waals surface area contributed by atoms with Crippen LogP contribution in [0.25, 0.3) is 0 Å². The van der Waals surface area contributed by atoms with Crippen LogP contribution < -0.4 is 15.2 Å². The SMILES string of the molecule is Nc1cc(F)cc(NS(=O)(=O)NC2CC2)c1. The van der Waals surface area contributed by atoms with Gasteiger partial charge in [0.05, 0.1) is 5.69 Å². The maximum atomic E-state index is 12.9. The molecule has 4 N–H and O–H groups in total. The van der Waals surface area contributed by atoms with Crippen molar-refractivity contribution in [2.24, 2.45) is 0 Å². The molecule has 0 bridgehead atoms. The number of hydrogen-bond acceptors (Lipinski definition) is 3. The smallest absolute Gasteiger partial charge is 0.299 e. The van der Waals surface area contributed by atoms with Gasteiger partial charge in [-0.25, -0.2) is 4.39 Å². The third-order valence-electron chi connectivity index (χ3n) is 2.07. The lowest BCUT2D eigenvalue weighted by Crippen LogP contribution is -2.31. The molecule has 7 heteroatoms. The van der Waals surface area contributed by atoms with E-state index in [0.29, 0.717) is 0 Å². The minimum Gasteiger partial charge on any atom is -0.399 e. The van der Waals surface area contributed by atoms with Crippen LogP contribution in [0.1, 0.15) is 12.8 Å². The lowest BCUT2D eigenvalue weighted by Gasteiger charge is -2.09. The Balaban J connectivity index is 2.12. The molecule has 1 aromatic carbocycles. The van der Waals surface area contributed by atoms with Crippen LogP contribution in [-0.2, 0) is 10.2 Å². The summed E-state index contributed by atoms with van der Waals surface area (Å²) in [5.41, 5.74) is 5.68. The van der Waals surface area contributed by atoms with Crippen molar-refractivity contribution in [1.82, 2.24) is 4.72 Å². The Morgan fingerprint density at radius 2 is 2.00 bits per heavy atom. The van der Waals surface area contributed by atoms with Crippen LogP contribution in [0, 0.1) is 5.82 Å². The molecule has 2 rings (SSSR count). The van der Waals surface area contributed by atoms with Gasteiger partial charge in [0.1, 0.15) is 5.82 Å². The number of nitrogen functional groups attached to an aromatic ring is 1. The Kier molecular flexibility index (Phi) is 2.73. The molecular weight excluding hydrogens is 233 g/mol. The third-order valence-corrected chi connectivity index (χ3v) is 3.22. The van der Waals surface area contributed by atoms with Gasteiger partial charge in [-0.15, -0.1) is 0 Å². The quantitative estimate of drug-likeness (QED) is 0.686. The molecule has 0 aliphatic heterocycles. The summed E-state index contributed by atoms with van der Waals surface area (Å²) in [7, 11) is -3.63. The van der Waals surface area contributed by atoms with Gasteiger partial charge in [0.25, 0.3) is 10.2 Å². The molecule has 1 aliphatic carbocycles. The Morgan fingerprint density at radius 1 is 1.31 bits per heavy atom. The van der Waals surface area contributed by atoms with Gasteiger partial charge in [0, 0.05) is 11.7 Å². The van der Waals surface area contributed by atoms with Gasteiger partial charge in [-0.3, -0.25) is 4.72 Å². The van der Waals surface area contributed by atoms with Crippen molar-refractivity contribution in [3.05, 3.63) is 24.0 Å². The fraction of sp³-hybridized carbons (Fsp3) is 0.333. The predicted octanol–water partition coefficient (Wildman–Crippen LogP) is 0.817. The number of benzene rings is 1. The van der Waals surface area contributed by atoms with Gasteiger partial charge in [-0.2, -0.15) is 13.1 Å². The summed E-state index contributed by atoms with van der Waals surface area (Å²) in [6.45, 7) is 0. The van der Waals surface area contributed by atoms with E-state index >= 15 is 0 Å². The van der Waals surface area contributed by atoms with E-state index in [1.54, 1.807) is 0 Å². The molecule has 1 aromatic rings. The van der Waals surface area contributed by atoms with Crippen LogP contribution >= 0.6 is 0 Å². The lowest BCUT2D eigenvalue weighted by atomic mass is 10.3. The van der Waals surface area contributed by atoms with Crippen molar-refractivity contribution in [1.29, 1.82) is 0 Å². The van der Waals surface area contributed by atoms with Gasteiger partial charge >= 0.3 is 0 Å². The van der Waals surface area contributed by atoms with Crippen molar-refractivity contribution in [3.8, 4) is 0 Å². The summed E-state index contributed by atoms with van der Waals surface area (Å²) in [5, 5.41) is 0. The second kappa shape index (κ2) is 3.91. The molecule has 0 atom stereocenters. The molecule has 0 radical (unpaired) electrons. The zero-order chi connectivity index (χ0) is 11.8. The van der Waals surface area contributed by atoms with E-state index < -0.39 is 16.0 Å². The Hall–Kier alpha value is -1.34. The molecule has 0 heterocycles. The first-order valence-electron chi connectivity index (χ1n) is 4.81. The normalized spacial score (nSPS) is 16.1. The molecule has 0 spiro atoms. The first kappa shape index (κ1) is 11.2. The Bertz CT molecular complexity index is 479. The van der Waals surface area contributed by atoms with Crippen molar-refractivity contribution in [3.63, 3.8) is 0 Å². The van der Waals surface area contributed by atoms with Crippen molar-refractivity contribution in [2.45, 2.75) is 18.9 Å². The Labute approximate surface area is 93.0 Å². The summed E-state index contributed by atoms with van der Waals surface area (Å²) in [6.07, 6.45) is 1.68. The molecular formula is C9H12FN3O2S. The molecule has 1 fully saturated rings. The summed E-state index contributed by atoms with van der Waals surface area (Å²) < 4.78 is 40.5. The van der Waals surface area contributed by atoms with Crippen LogP contribution in [0.3, 0.4) is 0 Å². The second-order valence-electron chi connectivity index (χ2n) is 3.77. The van der Waals surface area contributed by atoms with Crippen LogP contribution in [0.2, 0.25) is 0 Å². The van der Waals surface area contributed by atoms with Gasteiger partial charge in [-0.05, 0) is 31.0 Å². The number of nitrogens with two attached hydrogens (primary N) is 1. The number of anilines is 2. The number of nitrogens with one attached hydrogen (secondary N) is 2. The molecule has 88 valence electrons. The summed E-state index contributed by atoms with van der Waals surface area (Å²) in [4.78, 5) is 0. The molecule has 0 aromatic heterocycles. The van der Waals surface area contributed by atoms with E-state index in [-0.39, 0.29) is 17.4 Å². The third kappa shape index (κ3) is 3.07. The molecule has 1 saturated carbocycles. The molecule has 16 heavy (non-hydrogen) atoms. The highest BCUT2D eigenvalue weighted by Crippen LogP contribution is 2.21. The lowest BCUT2D eigenvalue weighted by molar-refractivity contribution is 0.586. The topological polar surface area (TPSA) is 84.2 Å². The van der Waals surface area contributed by atoms with Crippen molar-refractivity contribution >= 4 is 21.6 Å². The molecule has 0 saturated heterocycles. The summed E-state index contributed by atoms with van der Waals surface area (Å²) in [6, 6.07) is 3.55. The highest BCUT2D eigenvalue weighted by molar-refractivity contribution is 7.90. The van der Waals surface area contributed by atoms with Gasteiger partial charge < -0.3 is 5.73 Å². The van der Waals surface area contributed by atoms with Gasteiger partial charge in [0.2, 0.25) is 0 Å². The van der Waals surface area contributed by atoms with Crippen molar-refractivity contribution in [2.75, 3.05) is 10.5 Å². The van der Waals surface area contributed by atoms with E-state index in [4.69, 9.17) is 5.73 Å². The average molecular weight is 245 g/mol. The minimum atomic E-state index is -3.63. The minimum absolute atomic E-state index is 0.00315. The number of hydrogen-bond donors (Lipinski definition) is 3. The standard InChI is InChI=1S/C9H12FN3O2S/c10-6-3-7(11)5-9(4-6)13-16(14,15)12-8-1-2-8/h3-5,8,12-13H,1-2,11H2. The summed E-state index contributed by atoms with van der Waals surface area (Å²) >= 11 is 0. The molecule has 0 amide bonds. The summed E-state index contributed by atoms with van der Waals surface area (Å²) in [5.74, 6) is -0.580. The van der Waals surface area contributed by atoms with E-state index in [9.17, 15) is 12.8 Å². The van der Waals surface area contributed by atoms with E-state index in [0.717, 1.165) is 25.0 Å². The average Bonchev–Trinajstić information content (AvgIpc) is 2.83. The first-order valence-corrected chi connectivity index (χ1v) is 6.29. The molecule has 0 unspecified atom stereocenters. The largest absolute Gasteiger partial charge is 0.399 e. The van der Waals surface area contributed by atoms with E-state index in [1.165, 1.54) is 6.07 Å². The Morgan fingerprint density at radius 3 is 2.56 bits per heavy atom. The molecule has 5 nitrogen and oxygen atoms in total. The first-order chi connectivity index (χ1) is 7.44. The van der Waals surface area contributed by atoms with Crippen LogP contribution in [-0.4, -0.2) is 14.5 Å². The highest BCUT2D eigenvalue weighted by Gasteiger charge is 2.26. The highest BCUT2D eigenvalue weighted by atomic mass is 32.2. The fourth-order valence-electron chi connectivity index (χ4n) is 1.28.